The number of carbonyl (C=O) groups is 4. The Balaban J connectivity index is 1.61. The smallest absolute Gasteiger partial charge is 0.343 e. The topological polar surface area (TPSA) is 152 Å². The largest absolute Gasteiger partial charge is 0.488 e. The van der Waals surface area contributed by atoms with Gasteiger partial charge < -0.3 is 43.0 Å². The van der Waals surface area contributed by atoms with Gasteiger partial charge in [-0.3, -0.25) is 9.59 Å². The van der Waals surface area contributed by atoms with Crippen LogP contribution in [0.2, 0.25) is 0 Å². The second-order valence-corrected chi connectivity index (χ2v) is 9.68. The van der Waals surface area contributed by atoms with Crippen molar-refractivity contribution in [3.8, 4) is 28.5 Å². The van der Waals surface area contributed by atoms with Gasteiger partial charge in [-0.05, 0) is 42.5 Å². The third kappa shape index (κ3) is 8.46. The van der Waals surface area contributed by atoms with Crippen LogP contribution in [0.25, 0.3) is 22.2 Å². The standard InChI is InChI=1S/C33H34N2O11/c1-40-30(36)18-35(19-31(37)41-2)26-12-11-22(24-15-21-9-10-23(33(39)43-4)16-25(21)34-24)17-29(26)45-14-13-44-27-7-5-6-8-28(27)46-20-32(38)42-3/h5-12,15-17,34H,13-14,18-20H2,1-4H3. The number of aromatic amines is 1. The molecule has 0 spiro atoms. The summed E-state index contributed by atoms with van der Waals surface area (Å²) in [6.07, 6.45) is 0. The number of hydrogen-bond donors (Lipinski definition) is 1. The summed E-state index contributed by atoms with van der Waals surface area (Å²) < 4.78 is 36.7. The van der Waals surface area contributed by atoms with Crippen molar-refractivity contribution < 1.29 is 52.3 Å². The Hall–Kier alpha value is -5.72. The molecule has 0 aliphatic carbocycles. The predicted octanol–water partition coefficient (Wildman–Crippen LogP) is 3.78. The van der Waals surface area contributed by atoms with E-state index in [1.807, 2.05) is 12.1 Å². The SMILES string of the molecule is COC(=O)COc1ccccc1OCCOc1cc(-c2cc3ccc(C(=O)OC)cc3[nH]2)ccc1N(CC(=O)OC)CC(=O)OC. The molecule has 1 aromatic heterocycles. The Morgan fingerprint density at radius 1 is 0.652 bits per heavy atom. The fourth-order valence-electron chi connectivity index (χ4n) is 4.44. The average Bonchev–Trinajstić information content (AvgIpc) is 3.52. The highest BCUT2D eigenvalue weighted by Crippen LogP contribution is 2.35. The molecule has 0 fully saturated rings. The summed E-state index contributed by atoms with van der Waals surface area (Å²) in [7, 11) is 5.10. The summed E-state index contributed by atoms with van der Waals surface area (Å²) in [6, 6.07) is 19.3. The molecule has 4 aromatic rings. The number of ether oxygens (including phenoxy) is 7. The van der Waals surface area contributed by atoms with E-state index in [1.165, 1.54) is 33.3 Å². The molecule has 0 radical (unpaired) electrons. The second-order valence-electron chi connectivity index (χ2n) is 9.68. The number of aromatic nitrogens is 1. The number of carbonyl (C=O) groups excluding carboxylic acids is 4. The lowest BCUT2D eigenvalue weighted by Gasteiger charge is -2.25. The maximum absolute atomic E-state index is 12.3. The Kier molecular flexibility index (Phi) is 11.4. The highest BCUT2D eigenvalue weighted by Gasteiger charge is 2.21. The van der Waals surface area contributed by atoms with Crippen molar-refractivity contribution in [1.29, 1.82) is 0 Å². The van der Waals surface area contributed by atoms with Gasteiger partial charge in [-0.15, -0.1) is 0 Å². The molecule has 0 amide bonds. The van der Waals surface area contributed by atoms with Crippen molar-refractivity contribution in [2.45, 2.75) is 0 Å². The molecule has 242 valence electrons. The molecule has 0 saturated heterocycles. The van der Waals surface area contributed by atoms with Gasteiger partial charge in [0.05, 0.1) is 39.7 Å². The predicted molar refractivity (Wildman–Crippen MR) is 166 cm³/mol. The number of methoxy groups -OCH3 is 4. The molecule has 1 heterocycles. The Morgan fingerprint density at radius 2 is 1.28 bits per heavy atom. The van der Waals surface area contributed by atoms with Crippen molar-refractivity contribution in [3.05, 3.63) is 72.3 Å². The Morgan fingerprint density at radius 3 is 1.91 bits per heavy atom. The first-order valence-corrected chi connectivity index (χ1v) is 14.0. The molecular weight excluding hydrogens is 600 g/mol. The summed E-state index contributed by atoms with van der Waals surface area (Å²) in [6.45, 7) is -0.630. The minimum atomic E-state index is -0.567. The first-order chi connectivity index (χ1) is 22.3. The molecule has 0 bridgehead atoms. The number of esters is 4. The lowest BCUT2D eigenvalue weighted by atomic mass is 10.1. The molecule has 0 saturated carbocycles. The van der Waals surface area contributed by atoms with Crippen molar-refractivity contribution in [2.75, 3.05) is 66.2 Å². The van der Waals surface area contributed by atoms with E-state index in [9.17, 15) is 19.2 Å². The first kappa shape index (κ1) is 33.2. The van der Waals surface area contributed by atoms with E-state index in [0.717, 1.165) is 22.2 Å². The van der Waals surface area contributed by atoms with E-state index < -0.39 is 23.9 Å². The van der Waals surface area contributed by atoms with Gasteiger partial charge in [-0.1, -0.05) is 24.3 Å². The van der Waals surface area contributed by atoms with Crippen molar-refractivity contribution in [1.82, 2.24) is 4.98 Å². The lowest BCUT2D eigenvalue weighted by molar-refractivity contribution is -0.143. The van der Waals surface area contributed by atoms with Gasteiger partial charge in [-0.25, -0.2) is 9.59 Å². The summed E-state index contributed by atoms with van der Waals surface area (Å²) >= 11 is 0. The van der Waals surface area contributed by atoms with E-state index in [0.29, 0.717) is 28.5 Å². The molecule has 13 nitrogen and oxygen atoms in total. The van der Waals surface area contributed by atoms with Gasteiger partial charge in [0.15, 0.2) is 18.1 Å². The van der Waals surface area contributed by atoms with Crippen molar-refractivity contribution in [3.63, 3.8) is 0 Å². The minimum absolute atomic E-state index is 0.0568. The number of fused-ring (bicyclic) bond motifs is 1. The molecule has 3 aromatic carbocycles. The van der Waals surface area contributed by atoms with Crippen LogP contribution < -0.4 is 19.1 Å². The van der Waals surface area contributed by atoms with Gasteiger partial charge >= 0.3 is 23.9 Å². The highest BCUT2D eigenvalue weighted by atomic mass is 16.6. The fourth-order valence-corrected chi connectivity index (χ4v) is 4.44. The van der Waals surface area contributed by atoms with Gasteiger partial charge in [0.25, 0.3) is 0 Å². The quantitative estimate of drug-likeness (QED) is 0.115. The van der Waals surface area contributed by atoms with Crippen LogP contribution in [0.1, 0.15) is 10.4 Å². The van der Waals surface area contributed by atoms with Crippen LogP contribution >= 0.6 is 0 Å². The average molecular weight is 635 g/mol. The van der Waals surface area contributed by atoms with E-state index in [-0.39, 0.29) is 32.9 Å². The summed E-state index contributed by atoms with van der Waals surface area (Å²) in [5.41, 5.74) is 3.03. The van der Waals surface area contributed by atoms with Crippen LogP contribution in [0.15, 0.2) is 66.7 Å². The van der Waals surface area contributed by atoms with Gasteiger partial charge in [-0.2, -0.15) is 0 Å². The number of anilines is 1. The number of benzene rings is 3. The van der Waals surface area contributed by atoms with Crippen LogP contribution in [0, 0.1) is 0 Å². The number of para-hydroxylation sites is 2. The zero-order valence-corrected chi connectivity index (χ0v) is 25.8. The number of H-pyrrole nitrogens is 1. The van der Waals surface area contributed by atoms with E-state index in [1.54, 1.807) is 54.6 Å². The monoisotopic (exact) mass is 634 g/mol. The Labute approximate surface area is 264 Å². The third-order valence-corrected chi connectivity index (χ3v) is 6.77. The maximum Gasteiger partial charge on any atom is 0.343 e. The van der Waals surface area contributed by atoms with Crippen LogP contribution in [-0.4, -0.2) is 90.2 Å². The molecule has 0 aliphatic rings. The van der Waals surface area contributed by atoms with Crippen LogP contribution in [0.4, 0.5) is 5.69 Å². The Bertz CT molecular complexity index is 1680. The fraction of sp³-hybridized carbons (Fsp3) is 0.273. The maximum atomic E-state index is 12.3. The molecule has 46 heavy (non-hydrogen) atoms. The minimum Gasteiger partial charge on any atom is -0.488 e. The second kappa shape index (κ2) is 15.8. The molecule has 1 N–H and O–H groups in total. The number of nitrogens with one attached hydrogen (secondary N) is 1. The van der Waals surface area contributed by atoms with Gasteiger partial charge in [0, 0.05) is 22.2 Å². The summed E-state index contributed by atoms with van der Waals surface area (Å²) in [5, 5.41) is 0.869. The first-order valence-electron chi connectivity index (χ1n) is 14.0. The van der Waals surface area contributed by atoms with Gasteiger partial charge in [0.1, 0.15) is 32.1 Å². The number of nitrogens with zero attached hydrogens (tertiary/aromatic N) is 1. The normalized spacial score (nSPS) is 10.5. The van der Waals surface area contributed by atoms with Crippen LogP contribution in [0.3, 0.4) is 0 Å². The summed E-state index contributed by atoms with van der Waals surface area (Å²) in [4.78, 5) is 52.9. The van der Waals surface area contributed by atoms with E-state index in [2.05, 4.69) is 9.72 Å². The number of hydrogen-bond acceptors (Lipinski definition) is 12. The lowest BCUT2D eigenvalue weighted by Crippen LogP contribution is -2.36. The molecule has 13 heteroatoms. The zero-order chi connectivity index (χ0) is 33.1. The molecular formula is C33H34N2O11. The molecule has 0 aliphatic heterocycles. The molecule has 4 rings (SSSR count). The van der Waals surface area contributed by atoms with Gasteiger partial charge in [0.2, 0.25) is 0 Å². The van der Waals surface area contributed by atoms with Crippen LogP contribution in [0.5, 0.6) is 17.2 Å². The third-order valence-electron chi connectivity index (χ3n) is 6.77. The van der Waals surface area contributed by atoms with E-state index >= 15 is 0 Å². The van der Waals surface area contributed by atoms with Crippen LogP contribution in [-0.2, 0) is 33.3 Å². The zero-order valence-electron chi connectivity index (χ0n) is 25.8. The molecule has 0 atom stereocenters. The highest BCUT2D eigenvalue weighted by molar-refractivity contribution is 5.96. The summed E-state index contributed by atoms with van der Waals surface area (Å²) in [5.74, 6) is -1.02. The van der Waals surface area contributed by atoms with Crippen molar-refractivity contribution >= 4 is 40.5 Å². The van der Waals surface area contributed by atoms with Crippen molar-refractivity contribution in [2.24, 2.45) is 0 Å². The number of rotatable bonds is 15. The van der Waals surface area contributed by atoms with E-state index in [4.69, 9.17) is 28.4 Å². The molecule has 0 unspecified atom stereocenters.